The van der Waals surface area contributed by atoms with E-state index in [0.717, 1.165) is 12.8 Å². The van der Waals surface area contributed by atoms with Crippen LogP contribution in [0.1, 0.15) is 33.1 Å². The number of rotatable bonds is 9. The lowest BCUT2D eigenvalue weighted by molar-refractivity contribution is -0.136. The number of ether oxygens (including phenoxy) is 1. The standard InChI is InChI=1S/C12H24N2O4/c1-4-10(5-2)14(8-9-18-3)12(17)13-7-6-11(15)16/h10H,4-9H2,1-3H3,(H,13,17)(H,15,16). The molecule has 0 saturated carbocycles. The molecule has 0 aliphatic heterocycles. The Balaban J connectivity index is 4.33. The number of urea groups is 1. The van der Waals surface area contributed by atoms with Crippen LogP contribution in [0.4, 0.5) is 4.79 Å². The van der Waals surface area contributed by atoms with Gasteiger partial charge in [0, 0.05) is 26.2 Å². The maximum atomic E-state index is 12.0. The van der Waals surface area contributed by atoms with Crippen LogP contribution in [0, 0.1) is 0 Å². The van der Waals surface area contributed by atoms with Gasteiger partial charge in [0.15, 0.2) is 0 Å². The van der Waals surface area contributed by atoms with Crippen molar-refractivity contribution in [2.45, 2.75) is 39.2 Å². The molecule has 106 valence electrons. The molecule has 0 spiro atoms. The zero-order valence-corrected chi connectivity index (χ0v) is 11.4. The van der Waals surface area contributed by atoms with E-state index >= 15 is 0 Å². The lowest BCUT2D eigenvalue weighted by Crippen LogP contribution is -2.47. The Hall–Kier alpha value is -1.30. The lowest BCUT2D eigenvalue weighted by atomic mass is 10.1. The molecule has 18 heavy (non-hydrogen) atoms. The molecule has 0 aromatic carbocycles. The summed E-state index contributed by atoms with van der Waals surface area (Å²) in [5.41, 5.74) is 0. The Morgan fingerprint density at radius 1 is 1.33 bits per heavy atom. The molecule has 0 aromatic rings. The van der Waals surface area contributed by atoms with Crippen molar-refractivity contribution >= 4 is 12.0 Å². The van der Waals surface area contributed by atoms with E-state index in [9.17, 15) is 9.59 Å². The fraction of sp³-hybridized carbons (Fsp3) is 0.833. The summed E-state index contributed by atoms with van der Waals surface area (Å²) in [5.74, 6) is -0.915. The molecule has 0 rings (SSSR count). The lowest BCUT2D eigenvalue weighted by Gasteiger charge is -2.30. The van der Waals surface area contributed by atoms with Gasteiger partial charge < -0.3 is 20.1 Å². The van der Waals surface area contributed by atoms with Gasteiger partial charge >= 0.3 is 12.0 Å². The van der Waals surface area contributed by atoms with Crippen LogP contribution in [0.15, 0.2) is 0 Å². The van der Waals surface area contributed by atoms with Crippen LogP contribution in [-0.2, 0) is 9.53 Å². The summed E-state index contributed by atoms with van der Waals surface area (Å²) in [7, 11) is 1.59. The van der Waals surface area contributed by atoms with Gasteiger partial charge in [0.05, 0.1) is 13.0 Å². The molecule has 2 amide bonds. The smallest absolute Gasteiger partial charge is 0.317 e. The highest BCUT2D eigenvalue weighted by molar-refractivity contribution is 5.75. The summed E-state index contributed by atoms with van der Waals surface area (Å²) >= 11 is 0. The van der Waals surface area contributed by atoms with Gasteiger partial charge in [0.25, 0.3) is 0 Å². The molecule has 0 aromatic heterocycles. The van der Waals surface area contributed by atoms with E-state index in [1.807, 2.05) is 13.8 Å². The van der Waals surface area contributed by atoms with Gasteiger partial charge in [-0.3, -0.25) is 4.79 Å². The van der Waals surface area contributed by atoms with Gasteiger partial charge in [-0.1, -0.05) is 13.8 Å². The minimum atomic E-state index is -0.915. The second-order valence-corrected chi connectivity index (χ2v) is 4.03. The highest BCUT2D eigenvalue weighted by Crippen LogP contribution is 2.08. The number of carbonyl (C=O) groups excluding carboxylic acids is 1. The molecule has 0 aliphatic carbocycles. The Morgan fingerprint density at radius 2 is 1.94 bits per heavy atom. The molecule has 0 unspecified atom stereocenters. The first-order valence-electron chi connectivity index (χ1n) is 6.31. The minimum absolute atomic E-state index is 0.0627. The van der Waals surface area contributed by atoms with Crippen molar-refractivity contribution in [3.05, 3.63) is 0 Å². The SMILES string of the molecule is CCC(CC)N(CCOC)C(=O)NCCC(=O)O. The maximum absolute atomic E-state index is 12.0. The van der Waals surface area contributed by atoms with Gasteiger partial charge in [-0.2, -0.15) is 0 Å². The third-order valence-corrected chi connectivity index (χ3v) is 2.80. The number of carboxylic acids is 1. The van der Waals surface area contributed by atoms with Crippen molar-refractivity contribution in [2.75, 3.05) is 26.8 Å². The first kappa shape index (κ1) is 16.7. The summed E-state index contributed by atoms with van der Waals surface area (Å²) < 4.78 is 4.99. The van der Waals surface area contributed by atoms with Crippen molar-refractivity contribution < 1.29 is 19.4 Å². The fourth-order valence-corrected chi connectivity index (χ4v) is 1.75. The molecule has 0 radical (unpaired) electrons. The number of nitrogens with one attached hydrogen (secondary N) is 1. The van der Waals surface area contributed by atoms with Crippen molar-refractivity contribution in [3.63, 3.8) is 0 Å². The van der Waals surface area contributed by atoms with Crippen LogP contribution in [0.3, 0.4) is 0 Å². The number of carbonyl (C=O) groups is 2. The fourth-order valence-electron chi connectivity index (χ4n) is 1.75. The van der Waals surface area contributed by atoms with Crippen LogP contribution in [0.5, 0.6) is 0 Å². The molecule has 0 bridgehead atoms. The van der Waals surface area contributed by atoms with Crippen molar-refractivity contribution in [3.8, 4) is 0 Å². The van der Waals surface area contributed by atoms with Gasteiger partial charge in [-0.25, -0.2) is 4.79 Å². The molecule has 0 heterocycles. The van der Waals surface area contributed by atoms with Crippen LogP contribution >= 0.6 is 0 Å². The molecule has 6 nitrogen and oxygen atoms in total. The number of methoxy groups -OCH3 is 1. The van der Waals surface area contributed by atoms with E-state index in [1.165, 1.54) is 0 Å². The summed E-state index contributed by atoms with van der Waals surface area (Å²) in [4.78, 5) is 24.1. The molecule has 6 heteroatoms. The van der Waals surface area contributed by atoms with Crippen LogP contribution < -0.4 is 5.32 Å². The van der Waals surface area contributed by atoms with Gasteiger partial charge in [-0.05, 0) is 12.8 Å². The number of hydrogen-bond donors (Lipinski definition) is 2. The summed E-state index contributed by atoms with van der Waals surface area (Å²) in [5, 5.41) is 11.1. The van der Waals surface area contributed by atoms with Crippen molar-refractivity contribution in [1.29, 1.82) is 0 Å². The number of amides is 2. The van der Waals surface area contributed by atoms with Crippen LogP contribution in [-0.4, -0.2) is 54.9 Å². The average Bonchev–Trinajstić information content (AvgIpc) is 2.33. The minimum Gasteiger partial charge on any atom is -0.481 e. The second kappa shape index (κ2) is 9.70. The predicted molar refractivity (Wildman–Crippen MR) is 68.6 cm³/mol. The van der Waals surface area contributed by atoms with Gasteiger partial charge in [0.1, 0.15) is 0 Å². The highest BCUT2D eigenvalue weighted by Gasteiger charge is 2.20. The third-order valence-electron chi connectivity index (χ3n) is 2.80. The first-order valence-corrected chi connectivity index (χ1v) is 6.31. The van der Waals surface area contributed by atoms with Gasteiger partial charge in [0.2, 0.25) is 0 Å². The monoisotopic (exact) mass is 260 g/mol. The Morgan fingerprint density at radius 3 is 2.39 bits per heavy atom. The molecule has 0 aliphatic rings. The average molecular weight is 260 g/mol. The normalized spacial score (nSPS) is 10.4. The molecular formula is C12H24N2O4. The van der Waals surface area contributed by atoms with Crippen LogP contribution in [0.25, 0.3) is 0 Å². The number of aliphatic carboxylic acids is 1. The molecule has 0 atom stereocenters. The molecule has 2 N–H and O–H groups in total. The zero-order valence-electron chi connectivity index (χ0n) is 11.4. The topological polar surface area (TPSA) is 78.9 Å². The third kappa shape index (κ3) is 6.44. The molecule has 0 fully saturated rings. The Labute approximate surface area is 108 Å². The second-order valence-electron chi connectivity index (χ2n) is 4.03. The van der Waals surface area contributed by atoms with E-state index < -0.39 is 5.97 Å². The molecular weight excluding hydrogens is 236 g/mol. The van der Waals surface area contributed by atoms with E-state index in [0.29, 0.717) is 13.2 Å². The Kier molecular flexibility index (Phi) is 9.00. The number of carboxylic acid groups (broad SMARTS) is 1. The highest BCUT2D eigenvalue weighted by atomic mass is 16.5. The zero-order chi connectivity index (χ0) is 14.0. The summed E-state index contributed by atoms with van der Waals surface area (Å²) in [6.07, 6.45) is 1.67. The van der Waals surface area contributed by atoms with Gasteiger partial charge in [-0.15, -0.1) is 0 Å². The van der Waals surface area contributed by atoms with Crippen molar-refractivity contribution in [2.24, 2.45) is 0 Å². The van der Waals surface area contributed by atoms with E-state index in [-0.39, 0.29) is 25.0 Å². The predicted octanol–water partition coefficient (Wildman–Crippen LogP) is 1.31. The Bertz CT molecular complexity index is 254. The number of hydrogen-bond acceptors (Lipinski definition) is 3. The number of nitrogens with zero attached hydrogens (tertiary/aromatic N) is 1. The first-order chi connectivity index (χ1) is 8.56. The van der Waals surface area contributed by atoms with E-state index in [1.54, 1.807) is 12.0 Å². The van der Waals surface area contributed by atoms with Crippen molar-refractivity contribution in [1.82, 2.24) is 10.2 Å². The quantitative estimate of drug-likeness (QED) is 0.655. The van der Waals surface area contributed by atoms with E-state index in [2.05, 4.69) is 5.32 Å². The maximum Gasteiger partial charge on any atom is 0.317 e. The molecule has 0 saturated heterocycles. The van der Waals surface area contributed by atoms with E-state index in [4.69, 9.17) is 9.84 Å². The summed E-state index contributed by atoms with van der Waals surface area (Å²) in [6.45, 7) is 5.19. The van der Waals surface area contributed by atoms with Crippen LogP contribution in [0.2, 0.25) is 0 Å². The summed E-state index contributed by atoms with van der Waals surface area (Å²) in [6, 6.07) is -0.0630. The largest absolute Gasteiger partial charge is 0.481 e.